The van der Waals surface area contributed by atoms with Gasteiger partial charge in [-0.2, -0.15) is 0 Å². The smallest absolute Gasteiger partial charge is 0.195 e. The van der Waals surface area contributed by atoms with Crippen LogP contribution in [0, 0.1) is 13.8 Å². The van der Waals surface area contributed by atoms with Crippen molar-refractivity contribution in [3.05, 3.63) is 70.2 Å². The number of hydrogen-bond acceptors (Lipinski definition) is 3. The zero-order valence-corrected chi connectivity index (χ0v) is 16.8. The van der Waals surface area contributed by atoms with E-state index in [4.69, 9.17) is 4.98 Å². The minimum atomic E-state index is 0.497. The first-order chi connectivity index (χ1) is 13.0. The van der Waals surface area contributed by atoms with Crippen LogP contribution in [0.25, 0.3) is 27.5 Å². The zero-order chi connectivity index (χ0) is 19.1. The van der Waals surface area contributed by atoms with Gasteiger partial charge in [-0.15, -0.1) is 11.3 Å². The third-order valence-corrected chi connectivity index (χ3v) is 5.99. The highest BCUT2D eigenvalue weighted by atomic mass is 32.1. The maximum Gasteiger partial charge on any atom is 0.195 e. The molecular weight excluding hydrogens is 352 g/mol. The molecule has 0 saturated carbocycles. The summed E-state index contributed by atoms with van der Waals surface area (Å²) in [6.07, 6.45) is 0.920. The fourth-order valence-corrected chi connectivity index (χ4v) is 4.24. The SMILES string of the molecule is Cc1ccc(-c2nc3scc(-c4ccc(C(C)C)cc4)n3c2C=O)cc1C. The normalized spacial score (nSPS) is 11.4. The van der Waals surface area contributed by atoms with Crippen molar-refractivity contribution in [1.82, 2.24) is 9.38 Å². The van der Waals surface area contributed by atoms with E-state index in [2.05, 4.69) is 69.5 Å². The van der Waals surface area contributed by atoms with Crippen molar-refractivity contribution in [3.8, 4) is 22.5 Å². The molecule has 0 bridgehead atoms. The van der Waals surface area contributed by atoms with E-state index in [-0.39, 0.29) is 0 Å². The monoisotopic (exact) mass is 374 g/mol. The van der Waals surface area contributed by atoms with Crippen LogP contribution in [0.5, 0.6) is 0 Å². The molecule has 0 amide bonds. The summed E-state index contributed by atoms with van der Waals surface area (Å²) >= 11 is 1.56. The Balaban J connectivity index is 1.88. The summed E-state index contributed by atoms with van der Waals surface area (Å²) in [5, 5.41) is 2.07. The molecule has 0 unspecified atom stereocenters. The highest BCUT2D eigenvalue weighted by Gasteiger charge is 2.19. The van der Waals surface area contributed by atoms with Crippen molar-refractivity contribution in [3.63, 3.8) is 0 Å². The van der Waals surface area contributed by atoms with Crippen LogP contribution in [0.3, 0.4) is 0 Å². The second kappa shape index (κ2) is 6.78. The number of hydrogen-bond donors (Lipinski definition) is 0. The quantitative estimate of drug-likeness (QED) is 0.394. The highest BCUT2D eigenvalue weighted by Crippen LogP contribution is 2.33. The Morgan fingerprint density at radius 1 is 1.00 bits per heavy atom. The third kappa shape index (κ3) is 3.00. The Labute approximate surface area is 163 Å². The second-order valence-corrected chi connectivity index (χ2v) is 8.11. The Kier molecular flexibility index (Phi) is 4.44. The maximum absolute atomic E-state index is 12.0. The molecule has 0 fully saturated rings. The summed E-state index contributed by atoms with van der Waals surface area (Å²) in [7, 11) is 0. The zero-order valence-electron chi connectivity index (χ0n) is 16.0. The molecule has 2 aromatic carbocycles. The van der Waals surface area contributed by atoms with E-state index in [0.29, 0.717) is 11.6 Å². The number of thiazole rings is 1. The molecule has 0 saturated heterocycles. The van der Waals surface area contributed by atoms with Gasteiger partial charge in [0.1, 0.15) is 11.4 Å². The molecule has 0 aliphatic heterocycles. The van der Waals surface area contributed by atoms with Gasteiger partial charge in [-0.25, -0.2) is 4.98 Å². The molecule has 2 aromatic heterocycles. The Bertz CT molecular complexity index is 1130. The fraction of sp³-hybridized carbons (Fsp3) is 0.217. The van der Waals surface area contributed by atoms with E-state index >= 15 is 0 Å². The van der Waals surface area contributed by atoms with E-state index in [9.17, 15) is 4.79 Å². The van der Waals surface area contributed by atoms with Crippen molar-refractivity contribution >= 4 is 22.6 Å². The van der Waals surface area contributed by atoms with Crippen molar-refractivity contribution < 1.29 is 4.79 Å². The predicted octanol–water partition coefficient (Wildman–Crippen LogP) is 6.28. The van der Waals surface area contributed by atoms with E-state index in [1.807, 2.05) is 10.5 Å². The number of carbonyl (C=O) groups excluding carboxylic acids is 1. The lowest BCUT2D eigenvalue weighted by molar-refractivity contribution is 0.111. The summed E-state index contributed by atoms with van der Waals surface area (Å²) in [5.41, 5.74) is 8.19. The fourth-order valence-electron chi connectivity index (χ4n) is 3.33. The van der Waals surface area contributed by atoms with E-state index in [1.54, 1.807) is 11.3 Å². The Morgan fingerprint density at radius 3 is 2.33 bits per heavy atom. The number of imidazole rings is 1. The molecule has 2 heterocycles. The molecule has 0 spiro atoms. The van der Waals surface area contributed by atoms with Gasteiger partial charge in [-0.3, -0.25) is 9.20 Å². The minimum absolute atomic E-state index is 0.497. The van der Waals surface area contributed by atoms with Gasteiger partial charge in [0, 0.05) is 10.9 Å². The van der Waals surface area contributed by atoms with Gasteiger partial charge in [-0.1, -0.05) is 50.2 Å². The van der Waals surface area contributed by atoms with E-state index < -0.39 is 0 Å². The van der Waals surface area contributed by atoms with E-state index in [0.717, 1.165) is 33.8 Å². The topological polar surface area (TPSA) is 34.4 Å². The number of nitrogens with zero attached hydrogens (tertiary/aromatic N) is 2. The average Bonchev–Trinajstić information content (AvgIpc) is 3.23. The summed E-state index contributed by atoms with van der Waals surface area (Å²) < 4.78 is 1.98. The number of fused-ring (bicyclic) bond motifs is 1. The number of aromatic nitrogens is 2. The molecule has 3 nitrogen and oxygen atoms in total. The van der Waals surface area contributed by atoms with Crippen LogP contribution >= 0.6 is 11.3 Å². The van der Waals surface area contributed by atoms with Gasteiger partial charge >= 0.3 is 0 Å². The lowest BCUT2D eigenvalue weighted by Gasteiger charge is -2.07. The van der Waals surface area contributed by atoms with Crippen molar-refractivity contribution in [2.45, 2.75) is 33.6 Å². The number of carbonyl (C=O) groups is 1. The van der Waals surface area contributed by atoms with Crippen LogP contribution in [0.4, 0.5) is 0 Å². The van der Waals surface area contributed by atoms with Gasteiger partial charge in [0.2, 0.25) is 0 Å². The molecule has 4 rings (SSSR count). The van der Waals surface area contributed by atoms with Crippen LogP contribution < -0.4 is 0 Å². The predicted molar refractivity (Wildman–Crippen MR) is 113 cm³/mol. The second-order valence-electron chi connectivity index (χ2n) is 7.28. The third-order valence-electron chi connectivity index (χ3n) is 5.16. The number of aryl methyl sites for hydroxylation is 2. The summed E-state index contributed by atoms with van der Waals surface area (Å²) in [6, 6.07) is 14.8. The molecule has 0 aliphatic rings. The Hall–Kier alpha value is -2.72. The van der Waals surface area contributed by atoms with Gasteiger partial charge in [0.15, 0.2) is 11.2 Å². The van der Waals surface area contributed by atoms with Crippen molar-refractivity contribution in [1.29, 1.82) is 0 Å². The molecule has 4 heteroatoms. The molecular formula is C23H22N2OS. The molecule has 0 atom stereocenters. The first-order valence-corrected chi connectivity index (χ1v) is 10.0. The van der Waals surface area contributed by atoms with E-state index in [1.165, 1.54) is 16.7 Å². The molecule has 0 aliphatic carbocycles. The maximum atomic E-state index is 12.0. The lowest BCUT2D eigenvalue weighted by atomic mass is 10.0. The first-order valence-electron chi connectivity index (χ1n) is 9.12. The first kappa shape index (κ1) is 17.7. The van der Waals surface area contributed by atoms with Crippen molar-refractivity contribution in [2.24, 2.45) is 0 Å². The summed E-state index contributed by atoms with van der Waals surface area (Å²) in [5.74, 6) is 0.497. The number of rotatable bonds is 4. The standard InChI is InChI=1S/C23H22N2OS/c1-14(2)17-7-9-18(10-8-17)21-13-27-23-24-22(20(12-26)25(21)23)19-6-5-15(3)16(4)11-19/h5-14H,1-4H3. The van der Waals surface area contributed by atoms with Crippen LogP contribution in [-0.4, -0.2) is 15.7 Å². The van der Waals surface area contributed by atoms with Gasteiger partial charge < -0.3 is 0 Å². The van der Waals surface area contributed by atoms with Crippen LogP contribution in [0.1, 0.15) is 46.9 Å². The van der Waals surface area contributed by atoms with Crippen LogP contribution in [0.2, 0.25) is 0 Å². The Morgan fingerprint density at radius 2 is 1.70 bits per heavy atom. The summed E-state index contributed by atoms with van der Waals surface area (Å²) in [4.78, 5) is 17.6. The van der Waals surface area contributed by atoms with Crippen LogP contribution in [-0.2, 0) is 0 Å². The van der Waals surface area contributed by atoms with Crippen molar-refractivity contribution in [2.75, 3.05) is 0 Å². The average molecular weight is 375 g/mol. The van der Waals surface area contributed by atoms with Gasteiger partial charge in [0.05, 0.1) is 5.69 Å². The summed E-state index contributed by atoms with van der Waals surface area (Å²) in [6.45, 7) is 8.55. The van der Waals surface area contributed by atoms with Crippen LogP contribution in [0.15, 0.2) is 47.8 Å². The molecule has 4 aromatic rings. The lowest BCUT2D eigenvalue weighted by Crippen LogP contribution is -1.95. The number of benzene rings is 2. The largest absolute Gasteiger partial charge is 0.296 e. The van der Waals surface area contributed by atoms with Gasteiger partial charge in [0.25, 0.3) is 0 Å². The minimum Gasteiger partial charge on any atom is -0.296 e. The molecule has 0 radical (unpaired) electrons. The molecule has 0 N–H and O–H groups in total. The number of aldehydes is 1. The highest BCUT2D eigenvalue weighted by molar-refractivity contribution is 7.15. The molecule has 136 valence electrons. The van der Waals surface area contributed by atoms with Gasteiger partial charge in [-0.05, 0) is 48.1 Å². The molecule has 27 heavy (non-hydrogen) atoms.